The number of hydrogen-bond donors (Lipinski definition) is 1. The number of aryl methyl sites for hydroxylation is 2. The predicted molar refractivity (Wildman–Crippen MR) is 77.0 cm³/mol. The largest absolute Gasteiger partial charge is 0.356 e. The highest BCUT2D eigenvalue weighted by Gasteiger charge is 2.06. The minimum atomic E-state index is -0.00841. The molecule has 0 atom stereocenters. The summed E-state index contributed by atoms with van der Waals surface area (Å²) in [4.78, 5) is 17.2. The van der Waals surface area contributed by atoms with Crippen LogP contribution in [0.4, 0.5) is 0 Å². The van der Waals surface area contributed by atoms with Gasteiger partial charge in [0.2, 0.25) is 5.91 Å². The van der Waals surface area contributed by atoms with Crippen LogP contribution in [-0.2, 0) is 17.8 Å². The lowest BCUT2D eigenvalue weighted by Gasteiger charge is -2.04. The fourth-order valence-electron chi connectivity index (χ4n) is 1.98. The van der Waals surface area contributed by atoms with Crippen LogP contribution >= 0.6 is 11.3 Å². The maximum absolute atomic E-state index is 11.7. The number of imidazole rings is 1. The molecule has 3 rings (SSSR count). The van der Waals surface area contributed by atoms with Gasteiger partial charge < -0.3 is 5.32 Å². The lowest BCUT2D eigenvalue weighted by Crippen LogP contribution is -2.27. The predicted octanol–water partition coefficient (Wildman–Crippen LogP) is 0.440. The van der Waals surface area contributed by atoms with Crippen molar-refractivity contribution in [1.82, 2.24) is 34.9 Å². The van der Waals surface area contributed by atoms with E-state index < -0.39 is 0 Å². The van der Waals surface area contributed by atoms with E-state index in [1.165, 1.54) is 0 Å². The Morgan fingerprint density at radius 2 is 2.38 bits per heavy atom. The van der Waals surface area contributed by atoms with Crippen molar-refractivity contribution in [2.75, 3.05) is 6.54 Å². The molecule has 0 bridgehead atoms. The molecule has 0 aliphatic carbocycles. The van der Waals surface area contributed by atoms with E-state index in [-0.39, 0.29) is 5.91 Å². The maximum atomic E-state index is 11.7. The SMILES string of the molecule is Cc1nnnn1CCC(=O)NCCc1cn2ccsc2n1. The Morgan fingerprint density at radius 3 is 3.14 bits per heavy atom. The number of thiazole rings is 1. The number of nitrogens with one attached hydrogen (secondary N) is 1. The molecule has 3 aromatic rings. The average molecular weight is 305 g/mol. The Morgan fingerprint density at radius 1 is 1.48 bits per heavy atom. The molecule has 0 aliphatic heterocycles. The second kappa shape index (κ2) is 6.00. The highest BCUT2D eigenvalue weighted by atomic mass is 32.1. The van der Waals surface area contributed by atoms with E-state index in [0.717, 1.165) is 17.1 Å². The summed E-state index contributed by atoms with van der Waals surface area (Å²) in [6.07, 6.45) is 5.06. The molecule has 0 spiro atoms. The summed E-state index contributed by atoms with van der Waals surface area (Å²) in [5.41, 5.74) is 0.985. The van der Waals surface area contributed by atoms with Crippen LogP contribution in [0.3, 0.4) is 0 Å². The van der Waals surface area contributed by atoms with Crippen LogP contribution in [0.25, 0.3) is 4.96 Å². The molecule has 8 nitrogen and oxygen atoms in total. The number of hydrogen-bond acceptors (Lipinski definition) is 6. The summed E-state index contributed by atoms with van der Waals surface area (Å²) in [7, 11) is 0. The lowest BCUT2D eigenvalue weighted by molar-refractivity contribution is -0.121. The molecule has 21 heavy (non-hydrogen) atoms. The van der Waals surface area contributed by atoms with E-state index in [0.29, 0.717) is 25.3 Å². The van der Waals surface area contributed by atoms with E-state index in [2.05, 4.69) is 25.8 Å². The third kappa shape index (κ3) is 3.24. The van der Waals surface area contributed by atoms with Gasteiger partial charge >= 0.3 is 0 Å². The summed E-state index contributed by atoms with van der Waals surface area (Å²) in [5.74, 6) is 0.701. The minimum absolute atomic E-state index is 0.00841. The summed E-state index contributed by atoms with van der Waals surface area (Å²) >= 11 is 1.60. The van der Waals surface area contributed by atoms with Crippen molar-refractivity contribution >= 4 is 22.2 Å². The molecule has 9 heteroatoms. The summed E-state index contributed by atoms with van der Waals surface area (Å²) < 4.78 is 3.60. The quantitative estimate of drug-likeness (QED) is 0.713. The van der Waals surface area contributed by atoms with Crippen LogP contribution in [0.15, 0.2) is 17.8 Å². The summed E-state index contributed by atoms with van der Waals surface area (Å²) in [5, 5.41) is 16.0. The van der Waals surface area contributed by atoms with Gasteiger partial charge in [0.1, 0.15) is 5.82 Å². The molecule has 1 amide bonds. The zero-order chi connectivity index (χ0) is 14.7. The van der Waals surface area contributed by atoms with Gasteiger partial charge in [0.25, 0.3) is 0 Å². The maximum Gasteiger partial charge on any atom is 0.221 e. The van der Waals surface area contributed by atoms with E-state index >= 15 is 0 Å². The zero-order valence-corrected chi connectivity index (χ0v) is 12.4. The van der Waals surface area contributed by atoms with E-state index in [1.54, 1.807) is 16.0 Å². The van der Waals surface area contributed by atoms with Gasteiger partial charge in [0.05, 0.1) is 12.2 Å². The number of carbonyl (C=O) groups excluding carboxylic acids is 1. The van der Waals surface area contributed by atoms with Crippen molar-refractivity contribution in [3.05, 3.63) is 29.3 Å². The van der Waals surface area contributed by atoms with Crippen LogP contribution in [-0.4, -0.2) is 42.0 Å². The molecule has 0 unspecified atom stereocenters. The van der Waals surface area contributed by atoms with Gasteiger partial charge in [-0.25, -0.2) is 9.67 Å². The zero-order valence-electron chi connectivity index (χ0n) is 11.6. The second-order valence-corrected chi connectivity index (χ2v) is 5.50. The smallest absolute Gasteiger partial charge is 0.221 e. The van der Waals surface area contributed by atoms with Gasteiger partial charge in [0.15, 0.2) is 4.96 Å². The van der Waals surface area contributed by atoms with Crippen molar-refractivity contribution in [2.24, 2.45) is 0 Å². The third-order valence-corrected chi connectivity index (χ3v) is 3.88. The van der Waals surface area contributed by atoms with Crippen LogP contribution in [0.2, 0.25) is 0 Å². The molecule has 0 aliphatic rings. The van der Waals surface area contributed by atoms with Crippen molar-refractivity contribution < 1.29 is 4.79 Å². The van der Waals surface area contributed by atoms with Crippen LogP contribution in [0.1, 0.15) is 17.9 Å². The van der Waals surface area contributed by atoms with Gasteiger partial charge in [-0.15, -0.1) is 16.4 Å². The van der Waals surface area contributed by atoms with E-state index in [4.69, 9.17) is 0 Å². The van der Waals surface area contributed by atoms with Gasteiger partial charge in [0, 0.05) is 37.2 Å². The Labute approximate surface area is 124 Å². The number of nitrogens with zero attached hydrogens (tertiary/aromatic N) is 6. The van der Waals surface area contributed by atoms with Crippen molar-refractivity contribution in [2.45, 2.75) is 26.3 Å². The molecule has 0 fully saturated rings. The Balaban J connectivity index is 1.41. The van der Waals surface area contributed by atoms with Gasteiger partial charge in [-0.2, -0.15) is 0 Å². The average Bonchev–Trinajstić information content (AvgIpc) is 3.12. The number of rotatable bonds is 6. The molecule has 0 radical (unpaired) electrons. The molecule has 0 saturated carbocycles. The number of amides is 1. The van der Waals surface area contributed by atoms with Crippen LogP contribution in [0.5, 0.6) is 0 Å². The normalized spacial score (nSPS) is 11.1. The van der Waals surface area contributed by atoms with Crippen LogP contribution < -0.4 is 5.32 Å². The Kier molecular flexibility index (Phi) is 3.91. The molecule has 0 saturated heterocycles. The first kappa shape index (κ1) is 13.7. The lowest BCUT2D eigenvalue weighted by atomic mass is 10.3. The summed E-state index contributed by atoms with van der Waals surface area (Å²) in [6, 6.07) is 0. The first-order valence-electron chi connectivity index (χ1n) is 6.63. The highest BCUT2D eigenvalue weighted by molar-refractivity contribution is 7.15. The standard InChI is InChI=1S/C12H15N7OS/c1-9-15-16-17-19(9)5-3-11(20)13-4-2-10-8-18-6-7-21-12(18)14-10/h6-8H,2-5H2,1H3,(H,13,20). The minimum Gasteiger partial charge on any atom is -0.356 e. The third-order valence-electron chi connectivity index (χ3n) is 3.11. The molecule has 3 heterocycles. The van der Waals surface area contributed by atoms with Crippen molar-refractivity contribution in [1.29, 1.82) is 0 Å². The fourth-order valence-corrected chi connectivity index (χ4v) is 2.70. The van der Waals surface area contributed by atoms with Crippen molar-refractivity contribution in [3.63, 3.8) is 0 Å². The number of carbonyl (C=O) groups is 1. The van der Waals surface area contributed by atoms with Gasteiger partial charge in [-0.05, 0) is 17.4 Å². The Hall–Kier alpha value is -2.29. The van der Waals surface area contributed by atoms with Crippen molar-refractivity contribution in [3.8, 4) is 0 Å². The monoisotopic (exact) mass is 305 g/mol. The second-order valence-electron chi connectivity index (χ2n) is 4.62. The van der Waals surface area contributed by atoms with Gasteiger partial charge in [-0.3, -0.25) is 9.20 Å². The number of tetrazole rings is 1. The topological polar surface area (TPSA) is 90.0 Å². The molecule has 3 aromatic heterocycles. The van der Waals surface area contributed by atoms with Gasteiger partial charge in [-0.1, -0.05) is 0 Å². The van der Waals surface area contributed by atoms with Crippen LogP contribution in [0, 0.1) is 6.92 Å². The van der Waals surface area contributed by atoms with E-state index in [9.17, 15) is 4.79 Å². The highest BCUT2D eigenvalue weighted by Crippen LogP contribution is 2.11. The molecule has 0 aromatic carbocycles. The number of aromatic nitrogens is 6. The molecular formula is C12H15N7OS. The molecular weight excluding hydrogens is 290 g/mol. The first-order valence-corrected chi connectivity index (χ1v) is 7.51. The first-order chi connectivity index (χ1) is 10.2. The van der Waals surface area contributed by atoms with E-state index in [1.807, 2.05) is 29.1 Å². The fraction of sp³-hybridized carbons (Fsp3) is 0.417. The number of fused-ring (bicyclic) bond motifs is 1. The Bertz CT molecular complexity index is 715. The molecule has 110 valence electrons. The summed E-state index contributed by atoms with van der Waals surface area (Å²) in [6.45, 7) is 2.88. The molecule has 1 N–H and O–H groups in total.